The van der Waals surface area contributed by atoms with E-state index in [2.05, 4.69) is 10.4 Å². The van der Waals surface area contributed by atoms with E-state index in [-0.39, 0.29) is 12.5 Å². The summed E-state index contributed by atoms with van der Waals surface area (Å²) < 4.78 is 10.2. The molecule has 1 N–H and O–H groups in total. The number of hydrogen-bond acceptors (Lipinski definition) is 5. The van der Waals surface area contributed by atoms with Gasteiger partial charge in [0.25, 0.3) is 5.56 Å². The third-order valence-electron chi connectivity index (χ3n) is 5.51. The molecule has 2 aromatic carbocycles. The average Bonchev–Trinajstić information content (AvgIpc) is 3.53. The van der Waals surface area contributed by atoms with E-state index in [1.807, 2.05) is 66.3 Å². The number of para-hydroxylation sites is 1. The minimum Gasteiger partial charge on any atom is -0.494 e. The molecule has 0 radical (unpaired) electrons. The second-order valence-electron chi connectivity index (χ2n) is 7.94. The lowest BCUT2D eigenvalue weighted by atomic mass is 10.2. The van der Waals surface area contributed by atoms with Crippen molar-refractivity contribution in [2.75, 3.05) is 11.9 Å². The third-order valence-corrected chi connectivity index (χ3v) is 5.51. The number of amides is 1. The zero-order valence-corrected chi connectivity index (χ0v) is 19.4. The zero-order valence-electron chi connectivity index (χ0n) is 19.4. The summed E-state index contributed by atoms with van der Waals surface area (Å²) in [7, 11) is 0. The van der Waals surface area contributed by atoms with Crippen LogP contribution in [0.2, 0.25) is 0 Å². The number of anilines is 1. The van der Waals surface area contributed by atoms with Crippen molar-refractivity contribution in [1.82, 2.24) is 24.1 Å². The number of ether oxygens (including phenoxy) is 1. The van der Waals surface area contributed by atoms with Crippen LogP contribution in [-0.4, -0.2) is 36.6 Å². The van der Waals surface area contributed by atoms with Gasteiger partial charge in [-0.25, -0.2) is 9.36 Å². The molecule has 9 heteroatoms. The zero-order chi connectivity index (χ0) is 24.4. The van der Waals surface area contributed by atoms with Crippen LogP contribution in [0.5, 0.6) is 5.75 Å². The molecule has 0 saturated heterocycles. The van der Waals surface area contributed by atoms with E-state index >= 15 is 0 Å². The number of carbonyl (C=O) groups excluding carboxylic acids is 1. The van der Waals surface area contributed by atoms with Gasteiger partial charge in [-0.3, -0.25) is 9.59 Å². The number of fused-ring (bicyclic) bond motifs is 1. The van der Waals surface area contributed by atoms with Gasteiger partial charge < -0.3 is 14.6 Å². The highest BCUT2D eigenvalue weighted by atomic mass is 16.5. The molecule has 9 nitrogen and oxygen atoms in total. The van der Waals surface area contributed by atoms with Gasteiger partial charge in [0, 0.05) is 18.1 Å². The number of carbonyl (C=O) groups is 1. The molecule has 0 saturated carbocycles. The van der Waals surface area contributed by atoms with Gasteiger partial charge in [-0.1, -0.05) is 18.2 Å². The lowest BCUT2D eigenvalue weighted by Crippen LogP contribution is -2.30. The van der Waals surface area contributed by atoms with Gasteiger partial charge in [0.2, 0.25) is 5.91 Å². The van der Waals surface area contributed by atoms with Crippen LogP contribution >= 0.6 is 0 Å². The molecular formula is C26H24N6O3. The van der Waals surface area contributed by atoms with E-state index in [0.29, 0.717) is 34.7 Å². The molecule has 0 aliphatic rings. The predicted octanol–water partition coefficient (Wildman–Crippen LogP) is 3.72. The van der Waals surface area contributed by atoms with E-state index in [1.165, 1.54) is 4.68 Å². The summed E-state index contributed by atoms with van der Waals surface area (Å²) in [4.78, 5) is 26.3. The SMILES string of the molecule is CCOc1ccc(NC(=O)Cn2nc(C)c3nn(-c4ccccc4)c(-n4cccc4)c3c2=O)cc1. The molecule has 0 aliphatic heterocycles. The smallest absolute Gasteiger partial charge is 0.280 e. The van der Waals surface area contributed by atoms with Crippen molar-refractivity contribution in [2.24, 2.45) is 0 Å². The Hall–Kier alpha value is -4.66. The molecule has 176 valence electrons. The molecule has 5 aromatic rings. The third kappa shape index (κ3) is 4.31. The summed E-state index contributed by atoms with van der Waals surface area (Å²) in [6, 6.07) is 20.4. The fraction of sp³-hybridized carbons (Fsp3) is 0.154. The molecule has 0 unspecified atom stereocenters. The molecule has 5 rings (SSSR count). The molecule has 0 bridgehead atoms. The quantitative estimate of drug-likeness (QED) is 0.393. The molecule has 0 spiro atoms. The first-order valence-corrected chi connectivity index (χ1v) is 11.3. The van der Waals surface area contributed by atoms with E-state index in [1.54, 1.807) is 35.9 Å². The largest absolute Gasteiger partial charge is 0.494 e. The Balaban J connectivity index is 1.54. The highest BCUT2D eigenvalue weighted by Gasteiger charge is 2.22. The summed E-state index contributed by atoms with van der Waals surface area (Å²) in [5, 5.41) is 12.3. The van der Waals surface area contributed by atoms with Gasteiger partial charge in [-0.05, 0) is 62.4 Å². The average molecular weight is 469 g/mol. The number of rotatable bonds is 7. The number of benzene rings is 2. The molecular weight excluding hydrogens is 444 g/mol. The van der Waals surface area contributed by atoms with Crippen molar-refractivity contribution in [3.63, 3.8) is 0 Å². The molecule has 1 amide bonds. The minimum absolute atomic E-state index is 0.232. The van der Waals surface area contributed by atoms with Crippen LogP contribution in [0.4, 0.5) is 5.69 Å². The highest BCUT2D eigenvalue weighted by Crippen LogP contribution is 2.24. The summed E-state index contributed by atoms with van der Waals surface area (Å²) >= 11 is 0. The lowest BCUT2D eigenvalue weighted by Gasteiger charge is -2.10. The Morgan fingerprint density at radius 1 is 0.971 bits per heavy atom. The van der Waals surface area contributed by atoms with Crippen molar-refractivity contribution in [3.8, 4) is 17.3 Å². The first-order valence-electron chi connectivity index (χ1n) is 11.3. The number of aryl methyl sites for hydroxylation is 1. The van der Waals surface area contributed by atoms with Crippen LogP contribution in [-0.2, 0) is 11.3 Å². The van der Waals surface area contributed by atoms with Gasteiger partial charge in [0.1, 0.15) is 23.2 Å². The van der Waals surface area contributed by atoms with Crippen LogP contribution in [0.25, 0.3) is 22.4 Å². The van der Waals surface area contributed by atoms with Crippen molar-refractivity contribution < 1.29 is 9.53 Å². The monoisotopic (exact) mass is 468 g/mol. The maximum Gasteiger partial charge on any atom is 0.280 e. The summed E-state index contributed by atoms with van der Waals surface area (Å²) in [6.45, 7) is 4.02. The summed E-state index contributed by atoms with van der Waals surface area (Å²) in [6.07, 6.45) is 3.71. The molecule has 3 heterocycles. The van der Waals surface area contributed by atoms with Crippen LogP contribution in [0.3, 0.4) is 0 Å². The normalized spacial score (nSPS) is 11.0. The first-order chi connectivity index (χ1) is 17.0. The first kappa shape index (κ1) is 22.1. The van der Waals surface area contributed by atoms with Crippen molar-refractivity contribution in [1.29, 1.82) is 0 Å². The molecule has 0 atom stereocenters. The number of aromatic nitrogens is 5. The fourth-order valence-electron chi connectivity index (χ4n) is 3.97. The minimum atomic E-state index is -0.390. The summed E-state index contributed by atoms with van der Waals surface area (Å²) in [5.74, 6) is 0.949. The van der Waals surface area contributed by atoms with E-state index in [0.717, 1.165) is 11.4 Å². The number of nitrogens with zero attached hydrogens (tertiary/aromatic N) is 5. The van der Waals surface area contributed by atoms with Crippen LogP contribution < -0.4 is 15.6 Å². The molecule has 0 aliphatic carbocycles. The Labute approximate surface area is 201 Å². The fourth-order valence-corrected chi connectivity index (χ4v) is 3.97. The van der Waals surface area contributed by atoms with Crippen LogP contribution in [0.15, 0.2) is 83.9 Å². The Bertz CT molecular complexity index is 1530. The van der Waals surface area contributed by atoms with Gasteiger partial charge in [0.15, 0.2) is 5.82 Å². The van der Waals surface area contributed by atoms with Crippen LogP contribution in [0, 0.1) is 6.92 Å². The van der Waals surface area contributed by atoms with E-state index < -0.39 is 5.56 Å². The lowest BCUT2D eigenvalue weighted by molar-refractivity contribution is -0.117. The van der Waals surface area contributed by atoms with Crippen LogP contribution in [0.1, 0.15) is 12.6 Å². The van der Waals surface area contributed by atoms with Gasteiger partial charge in [0.05, 0.1) is 18.0 Å². The van der Waals surface area contributed by atoms with Crippen molar-refractivity contribution >= 4 is 22.5 Å². The van der Waals surface area contributed by atoms with E-state index in [9.17, 15) is 9.59 Å². The maximum atomic E-state index is 13.6. The molecule has 35 heavy (non-hydrogen) atoms. The highest BCUT2D eigenvalue weighted by molar-refractivity contribution is 5.91. The number of hydrogen-bond donors (Lipinski definition) is 1. The topological polar surface area (TPSA) is 96.0 Å². The Kier molecular flexibility index (Phi) is 5.88. The van der Waals surface area contributed by atoms with Gasteiger partial charge in [-0.15, -0.1) is 0 Å². The Morgan fingerprint density at radius 2 is 1.69 bits per heavy atom. The van der Waals surface area contributed by atoms with Crippen molar-refractivity contribution in [2.45, 2.75) is 20.4 Å². The maximum absolute atomic E-state index is 13.6. The summed E-state index contributed by atoms with van der Waals surface area (Å²) in [5.41, 5.74) is 2.07. The van der Waals surface area contributed by atoms with Gasteiger partial charge >= 0.3 is 0 Å². The molecule has 3 aromatic heterocycles. The standard InChI is InChI=1S/C26H24N6O3/c1-3-35-21-13-11-19(12-14-21)27-22(33)17-31-26(34)23-24(18(2)28-31)29-32(20-9-5-4-6-10-20)25(23)30-15-7-8-16-30/h4-16H,3,17H2,1-2H3,(H,27,33). The van der Waals surface area contributed by atoms with Crippen molar-refractivity contribution in [3.05, 3.63) is 95.2 Å². The van der Waals surface area contributed by atoms with E-state index in [4.69, 9.17) is 9.84 Å². The second-order valence-corrected chi connectivity index (χ2v) is 7.94. The second kappa shape index (κ2) is 9.30. The Morgan fingerprint density at radius 3 is 2.37 bits per heavy atom. The van der Waals surface area contributed by atoms with Gasteiger partial charge in [-0.2, -0.15) is 10.2 Å². The predicted molar refractivity (Wildman–Crippen MR) is 133 cm³/mol. The number of nitrogens with one attached hydrogen (secondary N) is 1. The molecule has 0 fully saturated rings.